The van der Waals surface area contributed by atoms with Crippen molar-refractivity contribution in [2.75, 3.05) is 46.9 Å². The van der Waals surface area contributed by atoms with Crippen molar-refractivity contribution in [1.29, 1.82) is 0 Å². The molecule has 2 rings (SSSR count). The summed E-state index contributed by atoms with van der Waals surface area (Å²) >= 11 is 0. The SMILES string of the molecule is CCCC1C(OC)=CC2(C=C1OC)CCN(CCCN(CC)CC)C2=O. The number of methoxy groups -OCH3 is 2. The molecular formula is C21H36N2O3. The van der Waals surface area contributed by atoms with E-state index in [2.05, 4.69) is 37.8 Å². The lowest BCUT2D eigenvalue weighted by Crippen LogP contribution is -2.37. The Bertz CT molecular complexity index is 515. The summed E-state index contributed by atoms with van der Waals surface area (Å²) < 4.78 is 11.3. The highest BCUT2D eigenvalue weighted by molar-refractivity contribution is 5.89. The standard InChI is InChI=1S/C21H36N2O3/c1-6-10-17-18(25-4)15-21(16-19(17)26-5)11-14-23(20(21)24)13-9-12-22(7-2)8-3/h15-17H,6-14H2,1-5H3. The molecule has 0 radical (unpaired) electrons. The van der Waals surface area contributed by atoms with Gasteiger partial charge >= 0.3 is 0 Å². The third-order valence-corrected chi connectivity index (χ3v) is 5.81. The third-order valence-electron chi connectivity index (χ3n) is 5.81. The molecule has 5 heteroatoms. The molecule has 0 saturated carbocycles. The number of hydrogen-bond donors (Lipinski definition) is 0. The predicted molar refractivity (Wildman–Crippen MR) is 105 cm³/mol. The normalized spacial score (nSPS) is 25.7. The maximum absolute atomic E-state index is 13.2. The molecule has 2 aliphatic rings. The van der Waals surface area contributed by atoms with Gasteiger partial charge in [0.05, 0.1) is 25.6 Å². The minimum atomic E-state index is -0.587. The van der Waals surface area contributed by atoms with Crippen LogP contribution in [-0.2, 0) is 14.3 Å². The van der Waals surface area contributed by atoms with Gasteiger partial charge in [-0.25, -0.2) is 0 Å². The molecule has 0 unspecified atom stereocenters. The molecule has 0 aromatic heterocycles. The Morgan fingerprint density at radius 2 is 1.77 bits per heavy atom. The highest BCUT2D eigenvalue weighted by atomic mass is 16.5. The lowest BCUT2D eigenvalue weighted by molar-refractivity contribution is -0.132. The first-order valence-electron chi connectivity index (χ1n) is 10.1. The molecule has 0 aromatic rings. The van der Waals surface area contributed by atoms with Gasteiger partial charge in [0.25, 0.3) is 0 Å². The van der Waals surface area contributed by atoms with Crippen molar-refractivity contribution in [1.82, 2.24) is 9.80 Å². The van der Waals surface area contributed by atoms with Crippen LogP contribution in [-0.4, -0.2) is 62.7 Å². The van der Waals surface area contributed by atoms with Crippen molar-refractivity contribution in [3.8, 4) is 0 Å². The smallest absolute Gasteiger partial charge is 0.236 e. The number of hydrogen-bond acceptors (Lipinski definition) is 4. The van der Waals surface area contributed by atoms with Gasteiger partial charge in [-0.15, -0.1) is 0 Å². The molecule has 1 amide bonds. The van der Waals surface area contributed by atoms with Crippen LogP contribution in [0.2, 0.25) is 0 Å². The first-order valence-corrected chi connectivity index (χ1v) is 10.1. The molecule has 1 aliphatic heterocycles. The molecule has 1 fully saturated rings. The topological polar surface area (TPSA) is 42.0 Å². The Labute approximate surface area is 159 Å². The van der Waals surface area contributed by atoms with Crippen LogP contribution in [0, 0.1) is 11.3 Å². The lowest BCUT2D eigenvalue weighted by Gasteiger charge is -2.32. The van der Waals surface area contributed by atoms with Crippen LogP contribution < -0.4 is 0 Å². The second-order valence-electron chi connectivity index (χ2n) is 7.31. The molecule has 1 spiro atoms. The average molecular weight is 365 g/mol. The number of rotatable bonds is 10. The van der Waals surface area contributed by atoms with E-state index in [4.69, 9.17) is 9.47 Å². The van der Waals surface area contributed by atoms with E-state index >= 15 is 0 Å². The van der Waals surface area contributed by atoms with Crippen molar-refractivity contribution in [3.63, 3.8) is 0 Å². The Balaban J connectivity index is 2.10. The number of likely N-dealkylation sites (tertiary alicyclic amines) is 1. The number of amides is 1. The predicted octanol–water partition coefficient (Wildman–Crippen LogP) is 3.43. The molecule has 1 aliphatic carbocycles. The van der Waals surface area contributed by atoms with Crippen LogP contribution >= 0.6 is 0 Å². The molecule has 1 saturated heterocycles. The highest BCUT2D eigenvalue weighted by Crippen LogP contribution is 2.44. The van der Waals surface area contributed by atoms with Crippen LogP contribution in [0.3, 0.4) is 0 Å². The first-order chi connectivity index (χ1) is 12.5. The highest BCUT2D eigenvalue weighted by Gasteiger charge is 2.47. The zero-order valence-electron chi connectivity index (χ0n) is 17.2. The maximum Gasteiger partial charge on any atom is 0.236 e. The van der Waals surface area contributed by atoms with Crippen molar-refractivity contribution in [3.05, 3.63) is 23.7 Å². The summed E-state index contributed by atoms with van der Waals surface area (Å²) in [5.74, 6) is 2.08. The van der Waals surface area contributed by atoms with Crippen LogP contribution in [0.1, 0.15) is 46.5 Å². The summed E-state index contributed by atoms with van der Waals surface area (Å²) in [5.41, 5.74) is -0.587. The fraction of sp³-hybridized carbons (Fsp3) is 0.762. The average Bonchev–Trinajstić information content (AvgIpc) is 2.95. The second-order valence-corrected chi connectivity index (χ2v) is 7.31. The van der Waals surface area contributed by atoms with Crippen LogP contribution in [0.15, 0.2) is 23.7 Å². The van der Waals surface area contributed by atoms with Crippen molar-refractivity contribution < 1.29 is 14.3 Å². The van der Waals surface area contributed by atoms with Crippen molar-refractivity contribution >= 4 is 5.91 Å². The van der Waals surface area contributed by atoms with Gasteiger partial charge < -0.3 is 19.3 Å². The van der Waals surface area contributed by atoms with E-state index in [1.54, 1.807) is 14.2 Å². The van der Waals surface area contributed by atoms with E-state index in [1.807, 2.05) is 4.90 Å². The molecule has 5 nitrogen and oxygen atoms in total. The van der Waals surface area contributed by atoms with Gasteiger partial charge in [0, 0.05) is 13.1 Å². The number of carbonyl (C=O) groups excluding carboxylic acids is 1. The molecular weight excluding hydrogens is 328 g/mol. The zero-order chi connectivity index (χ0) is 19.2. The summed E-state index contributed by atoms with van der Waals surface area (Å²) in [7, 11) is 3.39. The molecule has 0 atom stereocenters. The lowest BCUT2D eigenvalue weighted by atomic mass is 9.77. The molecule has 148 valence electrons. The summed E-state index contributed by atoms with van der Waals surface area (Å²) in [6.07, 6.45) is 7.95. The maximum atomic E-state index is 13.2. The Kier molecular flexibility index (Phi) is 7.56. The minimum absolute atomic E-state index is 0.130. The Hall–Kier alpha value is -1.49. The van der Waals surface area contributed by atoms with Gasteiger partial charge in [-0.3, -0.25) is 4.79 Å². The van der Waals surface area contributed by atoms with Gasteiger partial charge in [0.15, 0.2) is 0 Å². The van der Waals surface area contributed by atoms with E-state index in [1.165, 1.54) is 0 Å². The third kappa shape index (κ3) is 4.25. The summed E-state index contributed by atoms with van der Waals surface area (Å²) in [5, 5.41) is 0. The van der Waals surface area contributed by atoms with Gasteiger partial charge in [-0.05, 0) is 51.0 Å². The van der Waals surface area contributed by atoms with E-state index in [0.717, 1.165) is 69.9 Å². The molecule has 0 bridgehead atoms. The quantitative estimate of drug-likeness (QED) is 0.596. The van der Waals surface area contributed by atoms with Crippen molar-refractivity contribution in [2.45, 2.75) is 46.5 Å². The zero-order valence-corrected chi connectivity index (χ0v) is 17.2. The second kappa shape index (κ2) is 9.45. The minimum Gasteiger partial charge on any atom is -0.501 e. The van der Waals surface area contributed by atoms with E-state index in [-0.39, 0.29) is 11.8 Å². The molecule has 26 heavy (non-hydrogen) atoms. The van der Waals surface area contributed by atoms with Crippen molar-refractivity contribution in [2.24, 2.45) is 11.3 Å². The largest absolute Gasteiger partial charge is 0.501 e. The molecule has 0 N–H and O–H groups in total. The summed E-state index contributed by atoms with van der Waals surface area (Å²) in [6, 6.07) is 0. The monoisotopic (exact) mass is 364 g/mol. The number of ether oxygens (including phenoxy) is 2. The first kappa shape index (κ1) is 20.8. The number of carbonyl (C=O) groups is 1. The molecule has 0 aromatic carbocycles. The van der Waals surface area contributed by atoms with E-state index < -0.39 is 5.41 Å². The van der Waals surface area contributed by atoms with Gasteiger partial charge in [0.1, 0.15) is 11.5 Å². The molecule has 1 heterocycles. The summed E-state index contributed by atoms with van der Waals surface area (Å²) in [4.78, 5) is 17.6. The van der Waals surface area contributed by atoms with Gasteiger partial charge in [-0.1, -0.05) is 27.2 Å². The van der Waals surface area contributed by atoms with Crippen LogP contribution in [0.4, 0.5) is 0 Å². The van der Waals surface area contributed by atoms with Gasteiger partial charge in [0.2, 0.25) is 5.91 Å². The van der Waals surface area contributed by atoms with Crippen LogP contribution in [0.5, 0.6) is 0 Å². The number of nitrogens with zero attached hydrogens (tertiary/aromatic N) is 2. The Morgan fingerprint density at radius 1 is 1.15 bits per heavy atom. The summed E-state index contributed by atoms with van der Waals surface area (Å²) in [6.45, 7) is 11.3. The van der Waals surface area contributed by atoms with E-state index in [0.29, 0.717) is 0 Å². The Morgan fingerprint density at radius 3 is 2.27 bits per heavy atom. The van der Waals surface area contributed by atoms with Gasteiger partial charge in [-0.2, -0.15) is 0 Å². The fourth-order valence-corrected chi connectivity index (χ4v) is 4.20. The van der Waals surface area contributed by atoms with Crippen LogP contribution in [0.25, 0.3) is 0 Å². The van der Waals surface area contributed by atoms with E-state index in [9.17, 15) is 4.79 Å². The fourth-order valence-electron chi connectivity index (χ4n) is 4.20.